The van der Waals surface area contributed by atoms with Gasteiger partial charge < -0.3 is 4.74 Å². The van der Waals surface area contributed by atoms with E-state index in [0.29, 0.717) is 0 Å². The number of halogens is 1. The molecule has 0 bridgehead atoms. The molecule has 0 amide bonds. The Labute approximate surface area is 71.9 Å². The Morgan fingerprint density at radius 2 is 2.27 bits per heavy atom. The largest absolute Gasteiger partial charge is 0.461 e. The Kier molecular flexibility index (Phi) is 2.15. The Hall–Kier alpha value is -0.240. The molecule has 11 heavy (non-hydrogen) atoms. The minimum atomic E-state index is -0.805. The van der Waals surface area contributed by atoms with Crippen LogP contribution in [0.15, 0.2) is 0 Å². The highest BCUT2D eigenvalue weighted by Crippen LogP contribution is 2.38. The lowest BCUT2D eigenvalue weighted by Crippen LogP contribution is -2.30. The van der Waals surface area contributed by atoms with E-state index in [1.54, 1.807) is 6.92 Å². The van der Waals surface area contributed by atoms with Crippen LogP contribution in [0.2, 0.25) is 0 Å². The first-order valence-corrected chi connectivity index (χ1v) is 4.28. The lowest BCUT2D eigenvalue weighted by atomic mass is 9.92. The van der Waals surface area contributed by atoms with Crippen LogP contribution in [-0.4, -0.2) is 16.9 Å². The molecule has 1 aliphatic heterocycles. The zero-order chi connectivity index (χ0) is 8.65. The summed E-state index contributed by atoms with van der Waals surface area (Å²) in [6.07, 6.45) is 0.847. The van der Waals surface area contributed by atoms with Gasteiger partial charge in [-0.2, -0.15) is 0 Å². The summed E-state index contributed by atoms with van der Waals surface area (Å²) in [5.41, 5.74) is 0. The summed E-state index contributed by atoms with van der Waals surface area (Å²) >= 11 is 5.97. The smallest absolute Gasteiger partial charge is 0.327 e. The van der Waals surface area contributed by atoms with E-state index in [0.717, 1.165) is 6.42 Å². The molecule has 0 aromatic heterocycles. The Morgan fingerprint density at radius 1 is 1.73 bits per heavy atom. The molecule has 3 heteroatoms. The van der Waals surface area contributed by atoms with Crippen LogP contribution in [0.4, 0.5) is 0 Å². The van der Waals surface area contributed by atoms with Gasteiger partial charge in [0.1, 0.15) is 11.0 Å². The van der Waals surface area contributed by atoms with E-state index in [1.807, 2.05) is 13.8 Å². The Bertz CT molecular complexity index is 177. The molecule has 1 heterocycles. The maximum absolute atomic E-state index is 11.1. The normalized spacial score (nSPS) is 44.2. The highest BCUT2D eigenvalue weighted by atomic mass is 35.5. The first-order chi connectivity index (χ1) is 5.00. The third-order valence-corrected chi connectivity index (χ3v) is 2.97. The molecule has 64 valence electrons. The molecule has 0 N–H and O–H groups in total. The van der Waals surface area contributed by atoms with E-state index in [-0.39, 0.29) is 18.0 Å². The summed E-state index contributed by atoms with van der Waals surface area (Å²) in [4.78, 5) is 10.3. The van der Waals surface area contributed by atoms with Crippen molar-refractivity contribution in [1.29, 1.82) is 0 Å². The van der Waals surface area contributed by atoms with Gasteiger partial charge in [-0.3, -0.25) is 4.79 Å². The number of cyclic esters (lactones) is 1. The van der Waals surface area contributed by atoms with Crippen LogP contribution >= 0.6 is 11.6 Å². The van der Waals surface area contributed by atoms with Gasteiger partial charge in [0.2, 0.25) is 0 Å². The molecule has 0 aromatic rings. The van der Waals surface area contributed by atoms with Crippen molar-refractivity contribution in [3.8, 4) is 0 Å². The Morgan fingerprint density at radius 3 is 2.45 bits per heavy atom. The standard InChI is InChI=1S/C8H13ClO2/c1-4-6-5(2)8(3,9)7(10)11-6/h5-6H,4H2,1-3H3/t5-,6-,8+/m1/s1. The molecular formula is C8H13ClO2. The van der Waals surface area contributed by atoms with E-state index < -0.39 is 4.87 Å². The van der Waals surface area contributed by atoms with Crippen LogP contribution in [0.3, 0.4) is 0 Å². The van der Waals surface area contributed by atoms with E-state index in [9.17, 15) is 4.79 Å². The number of alkyl halides is 1. The van der Waals surface area contributed by atoms with Crippen molar-refractivity contribution < 1.29 is 9.53 Å². The van der Waals surface area contributed by atoms with Crippen molar-refractivity contribution >= 4 is 17.6 Å². The van der Waals surface area contributed by atoms with Crippen LogP contribution in [-0.2, 0) is 9.53 Å². The third kappa shape index (κ3) is 1.24. The summed E-state index contributed by atoms with van der Waals surface area (Å²) in [5.74, 6) is -0.166. The monoisotopic (exact) mass is 176 g/mol. The van der Waals surface area contributed by atoms with E-state index in [2.05, 4.69) is 0 Å². The average Bonchev–Trinajstić information content (AvgIpc) is 2.14. The molecule has 0 spiro atoms. The number of carbonyl (C=O) groups is 1. The highest BCUT2D eigenvalue weighted by molar-refractivity contribution is 6.34. The van der Waals surface area contributed by atoms with Gasteiger partial charge in [-0.15, -0.1) is 11.6 Å². The second-order valence-electron chi connectivity index (χ2n) is 3.22. The van der Waals surface area contributed by atoms with Gasteiger partial charge in [-0.25, -0.2) is 0 Å². The molecule has 1 aliphatic rings. The summed E-state index contributed by atoms with van der Waals surface area (Å²) < 4.78 is 5.07. The number of esters is 1. The van der Waals surface area contributed by atoms with Gasteiger partial charge in [-0.05, 0) is 13.3 Å². The van der Waals surface area contributed by atoms with Crippen molar-refractivity contribution in [3.63, 3.8) is 0 Å². The quantitative estimate of drug-likeness (QED) is 0.451. The molecule has 1 rings (SSSR count). The predicted molar refractivity (Wildman–Crippen MR) is 43.6 cm³/mol. The van der Waals surface area contributed by atoms with Gasteiger partial charge in [0.15, 0.2) is 0 Å². The molecule has 3 atom stereocenters. The fraction of sp³-hybridized carbons (Fsp3) is 0.875. The van der Waals surface area contributed by atoms with Gasteiger partial charge in [-0.1, -0.05) is 13.8 Å². The van der Waals surface area contributed by atoms with Crippen LogP contribution < -0.4 is 0 Å². The average molecular weight is 177 g/mol. The van der Waals surface area contributed by atoms with Crippen molar-refractivity contribution in [1.82, 2.24) is 0 Å². The highest BCUT2D eigenvalue weighted by Gasteiger charge is 2.49. The fourth-order valence-electron chi connectivity index (χ4n) is 1.33. The minimum absolute atomic E-state index is 0.00463. The van der Waals surface area contributed by atoms with Crippen LogP contribution in [0, 0.1) is 5.92 Å². The molecule has 0 unspecified atom stereocenters. The van der Waals surface area contributed by atoms with Crippen molar-refractivity contribution in [2.24, 2.45) is 5.92 Å². The number of carbonyl (C=O) groups excluding carboxylic acids is 1. The molecule has 0 saturated carbocycles. The molecule has 0 radical (unpaired) electrons. The molecule has 2 nitrogen and oxygen atoms in total. The molecule has 1 fully saturated rings. The summed E-state index contributed by atoms with van der Waals surface area (Å²) in [6, 6.07) is 0. The van der Waals surface area contributed by atoms with Gasteiger partial charge >= 0.3 is 5.97 Å². The summed E-state index contributed by atoms with van der Waals surface area (Å²) in [6.45, 7) is 5.66. The van der Waals surface area contributed by atoms with Crippen molar-refractivity contribution in [2.45, 2.75) is 38.2 Å². The van der Waals surface area contributed by atoms with Gasteiger partial charge in [0.25, 0.3) is 0 Å². The topological polar surface area (TPSA) is 26.3 Å². The first-order valence-electron chi connectivity index (χ1n) is 3.90. The zero-order valence-electron chi connectivity index (χ0n) is 7.06. The van der Waals surface area contributed by atoms with E-state index >= 15 is 0 Å². The van der Waals surface area contributed by atoms with Crippen LogP contribution in [0.5, 0.6) is 0 Å². The maximum atomic E-state index is 11.1. The van der Waals surface area contributed by atoms with Gasteiger partial charge in [0, 0.05) is 5.92 Å². The minimum Gasteiger partial charge on any atom is -0.461 e. The van der Waals surface area contributed by atoms with Crippen LogP contribution in [0.1, 0.15) is 27.2 Å². The number of hydrogen-bond donors (Lipinski definition) is 0. The molecular weight excluding hydrogens is 164 g/mol. The second kappa shape index (κ2) is 2.67. The Balaban J connectivity index is 2.80. The van der Waals surface area contributed by atoms with E-state index in [1.165, 1.54) is 0 Å². The first kappa shape index (κ1) is 8.85. The number of hydrogen-bond acceptors (Lipinski definition) is 2. The second-order valence-corrected chi connectivity index (χ2v) is 4.00. The fourth-order valence-corrected chi connectivity index (χ4v) is 1.51. The summed E-state index contributed by atoms with van der Waals surface area (Å²) in [5, 5.41) is 0. The number of rotatable bonds is 1. The van der Waals surface area contributed by atoms with Crippen molar-refractivity contribution in [2.75, 3.05) is 0 Å². The van der Waals surface area contributed by atoms with E-state index in [4.69, 9.17) is 16.3 Å². The predicted octanol–water partition coefficient (Wildman–Crippen LogP) is 1.96. The molecule has 0 aliphatic carbocycles. The molecule has 1 saturated heterocycles. The van der Waals surface area contributed by atoms with Crippen molar-refractivity contribution in [3.05, 3.63) is 0 Å². The van der Waals surface area contributed by atoms with Gasteiger partial charge in [0.05, 0.1) is 0 Å². The third-order valence-electron chi connectivity index (χ3n) is 2.47. The molecule has 0 aromatic carbocycles. The lowest BCUT2D eigenvalue weighted by Gasteiger charge is -2.17. The SMILES string of the molecule is CC[C@H]1OC(=O)[C@@](C)(Cl)[C@@H]1C. The zero-order valence-corrected chi connectivity index (χ0v) is 7.81. The summed E-state index contributed by atoms with van der Waals surface area (Å²) in [7, 11) is 0. The number of ether oxygens (including phenoxy) is 1. The maximum Gasteiger partial charge on any atom is 0.327 e. The lowest BCUT2D eigenvalue weighted by molar-refractivity contribution is -0.143. The van der Waals surface area contributed by atoms with Crippen LogP contribution in [0.25, 0.3) is 0 Å².